The van der Waals surface area contributed by atoms with Crippen LogP contribution in [0.4, 0.5) is 0 Å². The maximum absolute atomic E-state index is 6.40. The van der Waals surface area contributed by atoms with Crippen molar-refractivity contribution in [3.8, 4) is 11.1 Å². The van der Waals surface area contributed by atoms with E-state index in [0.717, 1.165) is 23.6 Å². The molecule has 0 spiro atoms. The molecule has 0 heterocycles. The second kappa shape index (κ2) is 6.92. The van der Waals surface area contributed by atoms with Gasteiger partial charge in [-0.3, -0.25) is 0 Å². The lowest BCUT2D eigenvalue weighted by Gasteiger charge is -2.11. The third-order valence-electron chi connectivity index (χ3n) is 3.42. The molecule has 2 heteroatoms. The van der Waals surface area contributed by atoms with Crippen LogP contribution in [0, 0.1) is 0 Å². The molecule has 2 rings (SSSR count). The van der Waals surface area contributed by atoms with Crippen LogP contribution >= 0.6 is 11.6 Å². The zero-order valence-corrected chi connectivity index (χ0v) is 13.2. The van der Waals surface area contributed by atoms with Crippen molar-refractivity contribution in [3.63, 3.8) is 0 Å². The molecule has 0 aliphatic rings. The Bertz CT molecular complexity index is 575. The molecule has 0 amide bonds. The molecule has 0 unspecified atom stereocenters. The molecule has 1 nitrogen and oxygen atoms in total. The molecule has 0 atom stereocenters. The standard InChI is InChI=1S/C18H22ClN/c1-4-14-6-5-7-15(10-14)16-8-9-17(18(19)11-16)12-20-13(2)3/h5-11,13,20H,4,12H2,1-3H3. The topological polar surface area (TPSA) is 12.0 Å². The molecule has 0 aromatic heterocycles. The van der Waals surface area contributed by atoms with E-state index in [1.807, 2.05) is 0 Å². The Kier molecular flexibility index (Phi) is 5.22. The largest absolute Gasteiger partial charge is 0.310 e. The van der Waals surface area contributed by atoms with Crippen LogP contribution in [-0.4, -0.2) is 6.04 Å². The molecule has 20 heavy (non-hydrogen) atoms. The summed E-state index contributed by atoms with van der Waals surface area (Å²) in [6.07, 6.45) is 1.05. The average Bonchev–Trinajstić information content (AvgIpc) is 2.46. The number of hydrogen-bond donors (Lipinski definition) is 1. The fourth-order valence-corrected chi connectivity index (χ4v) is 2.40. The highest BCUT2D eigenvalue weighted by Crippen LogP contribution is 2.26. The first-order chi connectivity index (χ1) is 9.60. The van der Waals surface area contributed by atoms with Crippen LogP contribution in [-0.2, 0) is 13.0 Å². The number of nitrogens with one attached hydrogen (secondary N) is 1. The van der Waals surface area contributed by atoms with Crippen molar-refractivity contribution in [1.82, 2.24) is 5.32 Å². The molecular weight excluding hydrogens is 266 g/mol. The third-order valence-corrected chi connectivity index (χ3v) is 3.77. The summed E-state index contributed by atoms with van der Waals surface area (Å²) in [5.41, 5.74) is 4.91. The van der Waals surface area contributed by atoms with E-state index in [2.05, 4.69) is 68.6 Å². The van der Waals surface area contributed by atoms with Crippen molar-refractivity contribution in [3.05, 3.63) is 58.6 Å². The predicted octanol–water partition coefficient (Wildman–Crippen LogP) is 5.07. The van der Waals surface area contributed by atoms with E-state index in [9.17, 15) is 0 Å². The van der Waals surface area contributed by atoms with Crippen molar-refractivity contribution in [2.45, 2.75) is 39.8 Å². The summed E-state index contributed by atoms with van der Waals surface area (Å²) in [4.78, 5) is 0. The van der Waals surface area contributed by atoms with Crippen LogP contribution in [0.3, 0.4) is 0 Å². The van der Waals surface area contributed by atoms with Crippen LogP contribution in [0.5, 0.6) is 0 Å². The number of hydrogen-bond acceptors (Lipinski definition) is 1. The Morgan fingerprint density at radius 2 is 1.80 bits per heavy atom. The van der Waals surface area contributed by atoms with Gasteiger partial charge in [-0.2, -0.15) is 0 Å². The molecule has 2 aromatic rings. The van der Waals surface area contributed by atoms with Gasteiger partial charge in [0, 0.05) is 17.6 Å². The quantitative estimate of drug-likeness (QED) is 0.810. The van der Waals surface area contributed by atoms with E-state index in [-0.39, 0.29) is 0 Å². The minimum Gasteiger partial charge on any atom is -0.310 e. The number of benzene rings is 2. The molecule has 0 aliphatic carbocycles. The van der Waals surface area contributed by atoms with Gasteiger partial charge >= 0.3 is 0 Å². The van der Waals surface area contributed by atoms with E-state index < -0.39 is 0 Å². The molecule has 0 radical (unpaired) electrons. The summed E-state index contributed by atoms with van der Waals surface area (Å²) in [6, 6.07) is 15.4. The van der Waals surface area contributed by atoms with Gasteiger partial charge in [0.05, 0.1) is 0 Å². The van der Waals surface area contributed by atoms with Gasteiger partial charge in [-0.1, -0.05) is 68.8 Å². The van der Waals surface area contributed by atoms with E-state index in [1.165, 1.54) is 16.7 Å². The molecule has 2 aromatic carbocycles. The highest BCUT2D eigenvalue weighted by molar-refractivity contribution is 6.31. The number of halogens is 1. The first-order valence-corrected chi connectivity index (χ1v) is 7.59. The van der Waals surface area contributed by atoms with Gasteiger partial charge in [0.1, 0.15) is 0 Å². The summed E-state index contributed by atoms with van der Waals surface area (Å²) in [5, 5.41) is 4.23. The molecule has 0 fully saturated rings. The third kappa shape index (κ3) is 3.84. The SMILES string of the molecule is CCc1cccc(-c2ccc(CNC(C)C)c(Cl)c2)c1. The van der Waals surface area contributed by atoms with Gasteiger partial charge < -0.3 is 5.32 Å². The summed E-state index contributed by atoms with van der Waals surface area (Å²) in [6.45, 7) is 7.26. The highest BCUT2D eigenvalue weighted by Gasteiger charge is 2.05. The Labute approximate surface area is 127 Å². The second-order valence-electron chi connectivity index (χ2n) is 5.40. The van der Waals surface area contributed by atoms with E-state index >= 15 is 0 Å². The highest BCUT2D eigenvalue weighted by atomic mass is 35.5. The van der Waals surface area contributed by atoms with Crippen LogP contribution in [0.1, 0.15) is 31.9 Å². The Balaban J connectivity index is 2.23. The maximum atomic E-state index is 6.40. The second-order valence-corrected chi connectivity index (χ2v) is 5.80. The van der Waals surface area contributed by atoms with Gasteiger partial charge in [-0.05, 0) is 34.7 Å². The fraction of sp³-hybridized carbons (Fsp3) is 0.333. The molecule has 0 saturated heterocycles. The van der Waals surface area contributed by atoms with Gasteiger partial charge in [0.2, 0.25) is 0 Å². The van der Waals surface area contributed by atoms with E-state index in [0.29, 0.717) is 6.04 Å². The maximum Gasteiger partial charge on any atom is 0.0457 e. The van der Waals surface area contributed by atoms with Gasteiger partial charge in [-0.15, -0.1) is 0 Å². The van der Waals surface area contributed by atoms with Crippen molar-refractivity contribution in [2.24, 2.45) is 0 Å². The van der Waals surface area contributed by atoms with Gasteiger partial charge in [0.25, 0.3) is 0 Å². The lowest BCUT2D eigenvalue weighted by Crippen LogP contribution is -2.21. The van der Waals surface area contributed by atoms with Crippen LogP contribution in [0.2, 0.25) is 5.02 Å². The fourth-order valence-electron chi connectivity index (χ4n) is 2.16. The zero-order chi connectivity index (χ0) is 14.5. The van der Waals surface area contributed by atoms with Crippen LogP contribution in [0.25, 0.3) is 11.1 Å². The molecule has 1 N–H and O–H groups in total. The van der Waals surface area contributed by atoms with Crippen LogP contribution < -0.4 is 5.32 Å². The molecule has 0 bridgehead atoms. The van der Waals surface area contributed by atoms with E-state index in [1.54, 1.807) is 0 Å². The van der Waals surface area contributed by atoms with Crippen molar-refractivity contribution < 1.29 is 0 Å². The summed E-state index contributed by atoms with van der Waals surface area (Å²) in [5.74, 6) is 0. The number of rotatable bonds is 5. The summed E-state index contributed by atoms with van der Waals surface area (Å²) in [7, 11) is 0. The Hall–Kier alpha value is -1.31. The zero-order valence-electron chi connectivity index (χ0n) is 12.4. The van der Waals surface area contributed by atoms with Crippen molar-refractivity contribution in [1.29, 1.82) is 0 Å². The molecule has 0 aliphatic heterocycles. The molecular formula is C18H22ClN. The van der Waals surface area contributed by atoms with Crippen molar-refractivity contribution in [2.75, 3.05) is 0 Å². The van der Waals surface area contributed by atoms with Gasteiger partial charge in [0.15, 0.2) is 0 Å². The smallest absolute Gasteiger partial charge is 0.0457 e. The predicted molar refractivity (Wildman–Crippen MR) is 88.2 cm³/mol. The van der Waals surface area contributed by atoms with E-state index in [4.69, 9.17) is 11.6 Å². The number of aryl methyl sites for hydroxylation is 1. The van der Waals surface area contributed by atoms with Crippen LogP contribution in [0.15, 0.2) is 42.5 Å². The lowest BCUT2D eigenvalue weighted by atomic mass is 10.0. The Morgan fingerprint density at radius 3 is 2.45 bits per heavy atom. The average molecular weight is 288 g/mol. The normalized spacial score (nSPS) is 11.1. The monoisotopic (exact) mass is 287 g/mol. The van der Waals surface area contributed by atoms with Crippen molar-refractivity contribution >= 4 is 11.6 Å². The summed E-state index contributed by atoms with van der Waals surface area (Å²) < 4.78 is 0. The molecule has 106 valence electrons. The van der Waals surface area contributed by atoms with Gasteiger partial charge in [-0.25, -0.2) is 0 Å². The first-order valence-electron chi connectivity index (χ1n) is 7.21. The lowest BCUT2D eigenvalue weighted by molar-refractivity contribution is 0.589. The minimum atomic E-state index is 0.465. The molecule has 0 saturated carbocycles. The minimum absolute atomic E-state index is 0.465. The Morgan fingerprint density at radius 1 is 1.05 bits per heavy atom. The summed E-state index contributed by atoms with van der Waals surface area (Å²) >= 11 is 6.40. The first kappa shape index (κ1) is 15.1.